The number of ether oxygens (including phenoxy) is 1. The Hall–Kier alpha value is -2.80. The molecule has 0 aliphatic carbocycles. The summed E-state index contributed by atoms with van der Waals surface area (Å²) in [5.41, 5.74) is 3.28. The minimum absolute atomic E-state index is 0.0747. The molecule has 2 aromatic rings. The van der Waals surface area contributed by atoms with E-state index < -0.39 is 11.8 Å². The van der Waals surface area contributed by atoms with Gasteiger partial charge in [0.25, 0.3) is 11.8 Å². The van der Waals surface area contributed by atoms with Crippen molar-refractivity contribution in [2.45, 2.75) is 0 Å². The number of phenolic OH excluding ortho intramolecular Hbond substituents is 1. The molecule has 6 nitrogen and oxygen atoms in total. The average Bonchev–Trinajstić information content (AvgIpc) is 2.86. The number of nitrogens with zero attached hydrogens (tertiary/aromatic N) is 1. The van der Waals surface area contributed by atoms with Crippen LogP contribution in [0.5, 0.6) is 11.5 Å². The Morgan fingerprint density at radius 2 is 1.92 bits per heavy atom. The molecule has 3 rings (SSSR count). The topological polar surface area (TPSA) is 78.9 Å². The van der Waals surface area contributed by atoms with Gasteiger partial charge in [-0.25, -0.2) is 5.01 Å². The van der Waals surface area contributed by atoms with Gasteiger partial charge in [-0.1, -0.05) is 34.1 Å². The molecule has 2 aromatic carbocycles. The van der Waals surface area contributed by atoms with Gasteiger partial charge in [-0.15, -0.1) is 0 Å². The summed E-state index contributed by atoms with van der Waals surface area (Å²) in [5.74, 6) is -0.944. The number of phenols is 1. The number of amides is 2. The van der Waals surface area contributed by atoms with E-state index in [0.717, 1.165) is 0 Å². The fourth-order valence-electron chi connectivity index (χ4n) is 2.33. The molecule has 24 heavy (non-hydrogen) atoms. The predicted octanol–water partition coefficient (Wildman–Crippen LogP) is 2.62. The number of aromatic hydroxyl groups is 1. The zero-order chi connectivity index (χ0) is 17.3. The summed E-state index contributed by atoms with van der Waals surface area (Å²) in [6, 6.07) is 11.9. The summed E-state index contributed by atoms with van der Waals surface area (Å²) in [6.45, 7) is 0. The summed E-state index contributed by atoms with van der Waals surface area (Å²) < 4.78 is 5.72. The van der Waals surface area contributed by atoms with Crippen LogP contribution in [0, 0.1) is 0 Å². The van der Waals surface area contributed by atoms with Crippen molar-refractivity contribution in [1.29, 1.82) is 0 Å². The molecule has 0 spiro atoms. The second-order valence-corrected chi connectivity index (χ2v) is 5.94. The average molecular weight is 389 g/mol. The van der Waals surface area contributed by atoms with E-state index in [1.54, 1.807) is 36.4 Å². The minimum atomic E-state index is -0.540. The molecule has 7 heteroatoms. The zero-order valence-corrected chi connectivity index (χ0v) is 14.2. The standard InChI is InChI=1S/C17H13BrN2O4/c1-24-14-9-11(18)7-10(15(14)21)8-13-16(22)19-20(17(13)23)12-5-3-2-4-6-12/h2-9,21H,1H3,(H,19,22). The first-order valence-corrected chi connectivity index (χ1v) is 7.79. The van der Waals surface area contributed by atoms with Crippen LogP contribution < -0.4 is 15.2 Å². The van der Waals surface area contributed by atoms with Crippen LogP contribution in [0.4, 0.5) is 5.69 Å². The van der Waals surface area contributed by atoms with Crippen LogP contribution in [0.25, 0.3) is 6.08 Å². The van der Waals surface area contributed by atoms with E-state index in [2.05, 4.69) is 21.4 Å². The van der Waals surface area contributed by atoms with Gasteiger partial charge in [-0.05, 0) is 30.3 Å². The number of hydrogen-bond donors (Lipinski definition) is 2. The Kier molecular flexibility index (Phi) is 4.26. The highest BCUT2D eigenvalue weighted by Crippen LogP contribution is 2.35. The van der Waals surface area contributed by atoms with Crippen LogP contribution in [0.2, 0.25) is 0 Å². The molecule has 0 saturated carbocycles. The lowest BCUT2D eigenvalue weighted by Crippen LogP contribution is -2.35. The van der Waals surface area contributed by atoms with E-state index in [4.69, 9.17) is 4.74 Å². The summed E-state index contributed by atoms with van der Waals surface area (Å²) in [4.78, 5) is 24.7. The fraction of sp³-hybridized carbons (Fsp3) is 0.0588. The SMILES string of the molecule is COc1cc(Br)cc(C=C2C(=O)NN(c3ccccc3)C2=O)c1O. The number of carbonyl (C=O) groups is 2. The molecular weight excluding hydrogens is 376 g/mol. The highest BCUT2D eigenvalue weighted by molar-refractivity contribution is 9.10. The lowest BCUT2D eigenvalue weighted by Gasteiger charge is -2.13. The summed E-state index contributed by atoms with van der Waals surface area (Å²) in [5, 5.41) is 11.3. The van der Waals surface area contributed by atoms with Crippen molar-refractivity contribution in [1.82, 2.24) is 5.43 Å². The summed E-state index contributed by atoms with van der Waals surface area (Å²) in [7, 11) is 1.42. The lowest BCUT2D eigenvalue weighted by atomic mass is 10.1. The number of hydrogen-bond acceptors (Lipinski definition) is 4. The molecule has 1 saturated heterocycles. The quantitative estimate of drug-likeness (QED) is 0.625. The Bertz CT molecular complexity index is 849. The van der Waals surface area contributed by atoms with Gasteiger partial charge < -0.3 is 9.84 Å². The molecule has 1 aliphatic rings. The van der Waals surface area contributed by atoms with Crippen LogP contribution in [-0.4, -0.2) is 24.0 Å². The van der Waals surface area contributed by atoms with Crippen molar-refractivity contribution in [3.05, 3.63) is 58.1 Å². The fourth-order valence-corrected chi connectivity index (χ4v) is 2.79. The van der Waals surface area contributed by atoms with Crippen molar-refractivity contribution >= 4 is 39.5 Å². The van der Waals surface area contributed by atoms with Crippen LogP contribution >= 0.6 is 15.9 Å². The molecule has 0 radical (unpaired) electrons. The summed E-state index contributed by atoms with van der Waals surface area (Å²) >= 11 is 3.30. The van der Waals surface area contributed by atoms with Crippen molar-refractivity contribution in [2.24, 2.45) is 0 Å². The number of carbonyl (C=O) groups excluding carboxylic acids is 2. The van der Waals surface area contributed by atoms with Gasteiger partial charge in [0, 0.05) is 10.0 Å². The van der Waals surface area contributed by atoms with Crippen LogP contribution in [0.3, 0.4) is 0 Å². The van der Waals surface area contributed by atoms with Gasteiger partial charge >= 0.3 is 0 Å². The number of methoxy groups -OCH3 is 1. The number of hydrazine groups is 1. The van der Waals surface area contributed by atoms with Gasteiger partial charge in [-0.2, -0.15) is 0 Å². The molecule has 2 amide bonds. The maximum absolute atomic E-state index is 12.5. The number of nitrogens with one attached hydrogen (secondary N) is 1. The Morgan fingerprint density at radius 1 is 1.21 bits per heavy atom. The molecule has 1 aliphatic heterocycles. The Labute approximate surface area is 146 Å². The molecule has 0 aromatic heterocycles. The van der Waals surface area contributed by atoms with E-state index in [0.29, 0.717) is 15.7 Å². The second kappa shape index (κ2) is 6.37. The van der Waals surface area contributed by atoms with Crippen molar-refractivity contribution < 1.29 is 19.4 Å². The molecule has 0 unspecified atom stereocenters. The van der Waals surface area contributed by atoms with Gasteiger partial charge in [0.1, 0.15) is 5.57 Å². The van der Waals surface area contributed by atoms with Crippen LogP contribution in [0.15, 0.2) is 52.5 Å². The normalized spacial score (nSPS) is 15.8. The maximum atomic E-state index is 12.5. The lowest BCUT2D eigenvalue weighted by molar-refractivity contribution is -0.117. The van der Waals surface area contributed by atoms with Gasteiger partial charge in [0.15, 0.2) is 11.5 Å². The molecule has 1 fully saturated rings. The van der Waals surface area contributed by atoms with Crippen LogP contribution in [-0.2, 0) is 9.59 Å². The van der Waals surface area contributed by atoms with Gasteiger partial charge in [0.2, 0.25) is 0 Å². The van der Waals surface area contributed by atoms with Gasteiger partial charge in [0.05, 0.1) is 12.8 Å². The van der Waals surface area contributed by atoms with Gasteiger partial charge in [-0.3, -0.25) is 15.0 Å². The van der Waals surface area contributed by atoms with Crippen molar-refractivity contribution in [2.75, 3.05) is 12.1 Å². The number of halogens is 1. The minimum Gasteiger partial charge on any atom is -0.504 e. The third-order valence-electron chi connectivity index (χ3n) is 3.49. The van der Waals surface area contributed by atoms with Crippen LogP contribution in [0.1, 0.15) is 5.56 Å². The highest BCUT2D eigenvalue weighted by Gasteiger charge is 2.34. The highest BCUT2D eigenvalue weighted by atomic mass is 79.9. The second-order valence-electron chi connectivity index (χ2n) is 5.02. The van der Waals surface area contributed by atoms with Crippen molar-refractivity contribution in [3.63, 3.8) is 0 Å². The Balaban J connectivity index is 2.01. The number of para-hydroxylation sites is 1. The molecule has 1 heterocycles. The van der Waals surface area contributed by atoms with E-state index in [-0.39, 0.29) is 17.1 Å². The molecule has 122 valence electrons. The summed E-state index contributed by atoms with van der Waals surface area (Å²) in [6.07, 6.45) is 1.34. The third kappa shape index (κ3) is 2.85. The molecular formula is C17H13BrN2O4. The molecule has 2 N–H and O–H groups in total. The van der Waals surface area contributed by atoms with E-state index in [1.807, 2.05) is 6.07 Å². The maximum Gasteiger partial charge on any atom is 0.282 e. The van der Waals surface area contributed by atoms with E-state index in [1.165, 1.54) is 18.2 Å². The largest absolute Gasteiger partial charge is 0.504 e. The number of rotatable bonds is 3. The first-order chi connectivity index (χ1) is 11.5. The Morgan fingerprint density at radius 3 is 2.58 bits per heavy atom. The smallest absolute Gasteiger partial charge is 0.282 e. The van der Waals surface area contributed by atoms with E-state index in [9.17, 15) is 14.7 Å². The monoisotopic (exact) mass is 388 g/mol. The number of benzene rings is 2. The van der Waals surface area contributed by atoms with E-state index >= 15 is 0 Å². The first kappa shape index (κ1) is 16.1. The van der Waals surface area contributed by atoms with Crippen molar-refractivity contribution in [3.8, 4) is 11.5 Å². The zero-order valence-electron chi connectivity index (χ0n) is 12.6. The third-order valence-corrected chi connectivity index (χ3v) is 3.95. The first-order valence-electron chi connectivity index (χ1n) is 7.00. The molecule has 0 atom stereocenters. The molecule has 0 bridgehead atoms. The predicted molar refractivity (Wildman–Crippen MR) is 92.4 cm³/mol. The number of anilines is 1.